The van der Waals surface area contributed by atoms with Gasteiger partial charge in [-0.2, -0.15) is 59.4 Å². The van der Waals surface area contributed by atoms with Crippen LogP contribution in [-0.2, 0) is 25.0 Å². The summed E-state index contributed by atoms with van der Waals surface area (Å²) < 4.78 is 74.3. The Hall–Kier alpha value is -4.73. The van der Waals surface area contributed by atoms with Gasteiger partial charge in [0.2, 0.25) is 28.8 Å². The van der Waals surface area contributed by atoms with Gasteiger partial charge in [-0.25, -0.2) is 0 Å². The normalized spacial score (nSPS) is 12.6. The van der Waals surface area contributed by atoms with E-state index < -0.39 is 65.4 Å². The number of aliphatic hydroxyl groups excluding tert-OH is 1. The highest BCUT2D eigenvalue weighted by molar-refractivity contribution is 7.99. The number of nitrogens with zero attached hydrogens (tertiary/aromatic N) is 8. The molecule has 0 amide bonds. The van der Waals surface area contributed by atoms with Crippen LogP contribution in [0.2, 0.25) is 10.6 Å². The minimum atomic E-state index is -5.14. The minimum Gasteiger partial charge on any atom is -0.505 e. The Bertz CT molecular complexity index is 2500. The summed E-state index contributed by atoms with van der Waals surface area (Å²) in [5.41, 5.74) is -1.16. The van der Waals surface area contributed by atoms with Crippen LogP contribution in [0.4, 0.5) is 34.6 Å². The lowest BCUT2D eigenvalue weighted by atomic mass is 10.1. The first-order chi connectivity index (χ1) is 24.9. The molecule has 0 fully saturated rings. The molecule has 21 nitrogen and oxygen atoms in total. The van der Waals surface area contributed by atoms with Crippen molar-refractivity contribution in [3.05, 3.63) is 53.0 Å². The molecule has 3 aromatic carbocycles. The zero-order valence-electron chi connectivity index (χ0n) is 25.7. The van der Waals surface area contributed by atoms with E-state index in [9.17, 15) is 40.9 Å². The lowest BCUT2D eigenvalue weighted by Crippen LogP contribution is -2.19. The van der Waals surface area contributed by atoms with Crippen molar-refractivity contribution in [1.82, 2.24) is 29.9 Å². The molecule has 7 N–H and O–H groups in total. The van der Waals surface area contributed by atoms with Crippen molar-refractivity contribution < 1.29 is 50.8 Å². The van der Waals surface area contributed by atoms with Crippen LogP contribution in [0.1, 0.15) is 0 Å². The summed E-state index contributed by atoms with van der Waals surface area (Å²) in [4.78, 5) is 32.5. The Balaban J connectivity index is 1.52. The lowest BCUT2D eigenvalue weighted by Gasteiger charge is -2.12. The number of aliphatic hydroxyl groups is 1. The Morgan fingerprint density at radius 1 is 0.868 bits per heavy atom. The van der Waals surface area contributed by atoms with Crippen molar-refractivity contribution in [3.8, 4) is 11.8 Å². The third-order valence-electron chi connectivity index (χ3n) is 6.23. The number of phenolic OH excluding ortho intramolecular Hbond substituents is 1. The molecule has 2 heterocycles. The van der Waals surface area contributed by atoms with Crippen molar-refractivity contribution in [2.24, 2.45) is 10.2 Å². The van der Waals surface area contributed by atoms with Crippen molar-refractivity contribution in [2.75, 3.05) is 22.1 Å². The summed E-state index contributed by atoms with van der Waals surface area (Å²) in [6.45, 7) is 0. The van der Waals surface area contributed by atoms with E-state index in [1.165, 1.54) is 18.2 Å². The number of phenols is 1. The molecule has 1 atom stereocenters. The number of rotatable bonds is 14. The van der Waals surface area contributed by atoms with Gasteiger partial charge in [-0.15, -0.1) is 10.2 Å². The highest BCUT2D eigenvalue weighted by atomic mass is 35.5. The molecule has 5 aromatic rings. The predicted molar refractivity (Wildman–Crippen MR) is 191 cm³/mol. The standard InChI is InChI=1S/C26H20Cl2N10O11S4/c27-21-31-23(35-25(33-21)49-18(41)8-50)30-12-2-4-15(52(43,44)45)14(7-12)37-38-19-16(53(46,47)48)6-10-5-11(1-3-13(10)20(19)42)29-24-32-22(28)34-26(36-24)51-9-17(39)40/h1-7,18,41-42,50H,8-9H2,(H,39,40)(H,43,44,45)(H,46,47,48)(H,29,32,34,36)(H,30,31,33,35). The number of carboxylic acids is 1. The molecule has 2 aromatic heterocycles. The third-order valence-corrected chi connectivity index (χ3v) is 9.48. The second-order valence-corrected chi connectivity index (χ2v) is 14.7. The number of aliphatic carboxylic acids is 1. The number of azo groups is 1. The van der Waals surface area contributed by atoms with Gasteiger partial charge in [-0.3, -0.25) is 13.9 Å². The maximum Gasteiger partial charge on any atom is 0.324 e. The average Bonchev–Trinajstić information content (AvgIpc) is 3.05. The largest absolute Gasteiger partial charge is 0.505 e. The van der Waals surface area contributed by atoms with E-state index in [1.54, 1.807) is 0 Å². The number of fused-ring (bicyclic) bond motifs is 1. The monoisotopic (exact) mass is 846 g/mol. The molecule has 0 radical (unpaired) electrons. The fourth-order valence-electron chi connectivity index (χ4n) is 4.15. The van der Waals surface area contributed by atoms with Crippen LogP contribution in [0, 0.1) is 0 Å². The van der Waals surface area contributed by atoms with Gasteiger partial charge in [0.05, 0.1) is 11.5 Å². The number of carbonyl (C=O) groups is 1. The second-order valence-electron chi connectivity index (χ2n) is 9.95. The molecular weight excluding hydrogens is 828 g/mol. The van der Waals surface area contributed by atoms with Crippen molar-refractivity contribution in [3.63, 3.8) is 0 Å². The van der Waals surface area contributed by atoms with Gasteiger partial charge in [0.1, 0.15) is 21.2 Å². The Morgan fingerprint density at radius 2 is 1.49 bits per heavy atom. The molecule has 0 aliphatic rings. The van der Waals surface area contributed by atoms with Gasteiger partial charge in [0.25, 0.3) is 20.2 Å². The molecule has 1 unspecified atom stereocenters. The van der Waals surface area contributed by atoms with Crippen molar-refractivity contribution in [2.45, 2.75) is 21.2 Å². The molecule has 0 bridgehead atoms. The predicted octanol–water partition coefficient (Wildman–Crippen LogP) is 4.42. The quantitative estimate of drug-likeness (QED) is 0.0252. The highest BCUT2D eigenvalue weighted by Gasteiger charge is 2.24. The van der Waals surface area contributed by atoms with Crippen LogP contribution in [0.15, 0.2) is 67.6 Å². The van der Waals surface area contributed by atoms with Gasteiger partial charge < -0.3 is 30.7 Å². The zero-order valence-corrected chi connectivity index (χ0v) is 30.6. The average molecular weight is 848 g/mol. The number of halogens is 2. The maximum atomic E-state index is 12.5. The number of hydrogen-bond acceptors (Lipinski definition) is 20. The van der Waals surface area contributed by atoms with Gasteiger partial charge in [-0.1, -0.05) is 11.8 Å². The van der Waals surface area contributed by atoms with Gasteiger partial charge >= 0.3 is 12.0 Å². The van der Waals surface area contributed by atoms with Crippen LogP contribution < -0.4 is 15.4 Å². The summed E-state index contributed by atoms with van der Waals surface area (Å²) in [5, 5.41) is 42.1. The molecular formula is C26H20Cl2N10O11S4. The number of carboxylic acid groups (broad SMARTS) is 1. The van der Waals surface area contributed by atoms with Crippen LogP contribution in [0.25, 0.3) is 10.8 Å². The van der Waals surface area contributed by atoms with Gasteiger partial charge in [0.15, 0.2) is 10.9 Å². The number of thiol groups is 1. The Labute approximate surface area is 316 Å². The first-order valence-corrected chi connectivity index (χ1v) is 19.1. The number of aromatic nitrogens is 6. The van der Waals surface area contributed by atoms with E-state index in [-0.39, 0.29) is 61.3 Å². The summed E-state index contributed by atoms with van der Waals surface area (Å²) in [6.07, 6.45) is -1.39. The van der Waals surface area contributed by atoms with Crippen LogP contribution in [0.3, 0.4) is 0 Å². The second kappa shape index (κ2) is 16.1. The summed E-state index contributed by atoms with van der Waals surface area (Å²) in [6, 6.07) is 7.70. The number of ether oxygens (including phenoxy) is 1. The SMILES string of the molecule is O=C(O)CSc1nc(Cl)nc(Nc2ccc3c(O)c(N=Nc4cc(Nc5nc(Cl)nc(OC(O)CS)n5)ccc4S(=O)(=O)O)c(S(=O)(=O)O)cc3c2)n1. The summed E-state index contributed by atoms with van der Waals surface area (Å²) >= 11 is 16.5. The van der Waals surface area contributed by atoms with E-state index in [0.29, 0.717) is 0 Å². The van der Waals surface area contributed by atoms with E-state index in [0.717, 1.165) is 36.0 Å². The lowest BCUT2D eigenvalue weighted by molar-refractivity contribution is -0.133. The fraction of sp³-hybridized carbons (Fsp3) is 0.115. The van der Waals surface area contributed by atoms with Gasteiger partial charge in [-0.05, 0) is 71.1 Å². The van der Waals surface area contributed by atoms with Crippen LogP contribution >= 0.6 is 47.6 Å². The first kappa shape index (κ1) is 39.5. The molecule has 0 spiro atoms. The first-order valence-electron chi connectivity index (χ1n) is 13.9. The Kier molecular flexibility index (Phi) is 12.0. The van der Waals surface area contributed by atoms with E-state index >= 15 is 0 Å². The number of aromatic hydroxyl groups is 1. The molecule has 5 rings (SSSR count). The fourth-order valence-corrected chi connectivity index (χ4v) is 6.41. The van der Waals surface area contributed by atoms with E-state index in [4.69, 9.17) is 33.0 Å². The van der Waals surface area contributed by atoms with Gasteiger partial charge in [0, 0.05) is 16.8 Å². The molecule has 0 saturated heterocycles. The topological polar surface area (TPSA) is 322 Å². The van der Waals surface area contributed by atoms with Crippen LogP contribution in [0.5, 0.6) is 11.8 Å². The van der Waals surface area contributed by atoms with Crippen LogP contribution in [-0.4, -0.2) is 94.9 Å². The summed E-state index contributed by atoms with van der Waals surface area (Å²) in [5.74, 6) is -2.75. The molecule has 278 valence electrons. The van der Waals surface area contributed by atoms with E-state index in [1.807, 2.05) is 0 Å². The van der Waals surface area contributed by atoms with Crippen molar-refractivity contribution in [1.29, 1.82) is 0 Å². The van der Waals surface area contributed by atoms with Crippen molar-refractivity contribution >= 4 is 119 Å². The molecule has 0 aliphatic carbocycles. The molecule has 27 heteroatoms. The number of anilines is 4. The minimum absolute atomic E-state index is 0.00467. The van der Waals surface area contributed by atoms with E-state index in [2.05, 4.69) is 63.4 Å². The number of thioether (sulfide) groups is 1. The highest BCUT2D eigenvalue weighted by Crippen LogP contribution is 2.43. The zero-order chi connectivity index (χ0) is 38.7. The molecule has 0 aliphatic heterocycles. The number of benzene rings is 3. The Morgan fingerprint density at radius 3 is 2.13 bits per heavy atom. The number of nitrogens with one attached hydrogen (secondary N) is 2. The summed E-state index contributed by atoms with van der Waals surface area (Å²) in [7, 11) is -10.1. The maximum absolute atomic E-state index is 12.5. The molecule has 0 saturated carbocycles. The smallest absolute Gasteiger partial charge is 0.324 e. The number of hydrogen-bond donors (Lipinski definition) is 8. The third kappa shape index (κ3) is 10.2. The molecule has 53 heavy (non-hydrogen) atoms.